The molecule has 1 aromatic carbocycles. The summed E-state index contributed by atoms with van der Waals surface area (Å²) < 4.78 is 10.9. The number of Topliss-reactive ketones (excluding diaryl/α,β-unsaturated/α-hetero) is 1. The molecule has 2 unspecified atom stereocenters. The second-order valence-electron chi connectivity index (χ2n) is 9.04. The average molecular weight is 447 g/mol. The molecule has 32 heavy (non-hydrogen) atoms. The highest BCUT2D eigenvalue weighted by Gasteiger charge is 2.46. The first-order valence-corrected chi connectivity index (χ1v) is 11.7. The van der Waals surface area contributed by atoms with Crippen LogP contribution in [0.3, 0.4) is 0 Å². The fourth-order valence-corrected chi connectivity index (χ4v) is 3.89. The van der Waals surface area contributed by atoms with E-state index in [1.807, 2.05) is 30.3 Å². The smallest absolute Gasteiger partial charge is 0.407 e. The number of nitrogens with one attached hydrogen (secondary N) is 2. The van der Waals surface area contributed by atoms with Crippen LogP contribution in [-0.2, 0) is 25.7 Å². The molecule has 0 aliphatic heterocycles. The number of ether oxygens (including phenoxy) is 2. The van der Waals surface area contributed by atoms with Crippen molar-refractivity contribution in [2.75, 3.05) is 6.54 Å². The van der Waals surface area contributed by atoms with Crippen molar-refractivity contribution in [3.8, 4) is 0 Å². The SMILES string of the molecule is CCCC[C@H](NC[C@@H](CC(C)C)NC(=O)OCc1ccccc1)C(OC(C)=O)C1CC1=O. The third kappa shape index (κ3) is 9.39. The number of hydrogen-bond acceptors (Lipinski definition) is 6. The Bertz CT molecular complexity index is 737. The van der Waals surface area contributed by atoms with E-state index in [1.54, 1.807) is 0 Å². The fourth-order valence-electron chi connectivity index (χ4n) is 3.89. The van der Waals surface area contributed by atoms with Crippen molar-refractivity contribution in [2.24, 2.45) is 11.8 Å². The zero-order chi connectivity index (χ0) is 23.5. The molecule has 2 N–H and O–H groups in total. The Labute approximate surface area is 191 Å². The zero-order valence-electron chi connectivity index (χ0n) is 19.8. The maximum Gasteiger partial charge on any atom is 0.407 e. The van der Waals surface area contributed by atoms with Gasteiger partial charge in [0.1, 0.15) is 18.5 Å². The molecule has 1 amide bonds. The highest BCUT2D eigenvalue weighted by molar-refractivity contribution is 5.97. The van der Waals surface area contributed by atoms with E-state index < -0.39 is 12.2 Å². The summed E-state index contributed by atoms with van der Waals surface area (Å²) in [5, 5.41) is 6.45. The number of unbranched alkanes of at least 4 members (excludes halogenated alkanes) is 1. The van der Waals surface area contributed by atoms with Crippen LogP contribution in [0.25, 0.3) is 0 Å². The molecule has 7 nitrogen and oxygen atoms in total. The number of ketones is 1. The molecule has 0 aromatic heterocycles. The molecule has 0 heterocycles. The highest BCUT2D eigenvalue weighted by Crippen LogP contribution is 2.33. The Balaban J connectivity index is 1.96. The van der Waals surface area contributed by atoms with Crippen LogP contribution in [0.15, 0.2) is 30.3 Å². The lowest BCUT2D eigenvalue weighted by Gasteiger charge is -2.30. The molecule has 2 rings (SSSR count). The van der Waals surface area contributed by atoms with Gasteiger partial charge in [0.05, 0.1) is 5.92 Å². The molecule has 1 aliphatic carbocycles. The van der Waals surface area contributed by atoms with Gasteiger partial charge in [-0.15, -0.1) is 0 Å². The molecule has 0 radical (unpaired) electrons. The van der Waals surface area contributed by atoms with Gasteiger partial charge in [-0.25, -0.2) is 4.79 Å². The molecule has 4 atom stereocenters. The first-order valence-electron chi connectivity index (χ1n) is 11.7. The molecule has 178 valence electrons. The Hall–Kier alpha value is -2.41. The van der Waals surface area contributed by atoms with Crippen molar-refractivity contribution in [1.82, 2.24) is 10.6 Å². The van der Waals surface area contributed by atoms with Gasteiger partial charge < -0.3 is 20.1 Å². The van der Waals surface area contributed by atoms with Gasteiger partial charge in [-0.1, -0.05) is 63.9 Å². The van der Waals surface area contributed by atoms with E-state index in [0.29, 0.717) is 18.9 Å². The summed E-state index contributed by atoms with van der Waals surface area (Å²) in [6, 6.07) is 9.27. The molecular formula is C25H38N2O5. The zero-order valence-corrected chi connectivity index (χ0v) is 19.8. The molecule has 1 aliphatic rings. The van der Waals surface area contributed by atoms with Gasteiger partial charge in [-0.05, 0) is 24.3 Å². The van der Waals surface area contributed by atoms with E-state index in [2.05, 4.69) is 31.4 Å². The summed E-state index contributed by atoms with van der Waals surface area (Å²) in [6.45, 7) is 8.40. The Morgan fingerprint density at radius 2 is 1.88 bits per heavy atom. The van der Waals surface area contributed by atoms with Crippen LogP contribution in [0, 0.1) is 11.8 Å². The van der Waals surface area contributed by atoms with E-state index >= 15 is 0 Å². The van der Waals surface area contributed by atoms with E-state index in [0.717, 1.165) is 31.2 Å². The van der Waals surface area contributed by atoms with Gasteiger partial charge >= 0.3 is 12.1 Å². The Morgan fingerprint density at radius 1 is 1.19 bits per heavy atom. The average Bonchev–Trinajstić information content (AvgIpc) is 3.47. The molecule has 0 saturated heterocycles. The van der Waals surface area contributed by atoms with Gasteiger partial charge in [0.15, 0.2) is 0 Å². The van der Waals surface area contributed by atoms with Gasteiger partial charge in [0.25, 0.3) is 0 Å². The standard InChI is InChI=1S/C25H38N2O5/c1-5-6-12-22(24(32-18(4)28)21-14-23(21)29)26-15-20(13-17(2)3)27-25(30)31-16-19-10-8-7-9-11-19/h7-11,17,20-22,24,26H,5-6,12-16H2,1-4H3,(H,27,30)/t20-,21?,22+,24?/m1/s1. The van der Waals surface area contributed by atoms with E-state index in [1.165, 1.54) is 6.92 Å². The van der Waals surface area contributed by atoms with Crippen LogP contribution in [0.5, 0.6) is 0 Å². The Morgan fingerprint density at radius 3 is 2.44 bits per heavy atom. The number of esters is 1. The predicted octanol–water partition coefficient (Wildman–Crippen LogP) is 4.00. The fraction of sp³-hybridized carbons (Fsp3) is 0.640. The second kappa shape index (κ2) is 13.2. The van der Waals surface area contributed by atoms with Crippen LogP contribution < -0.4 is 10.6 Å². The van der Waals surface area contributed by atoms with Crippen LogP contribution in [0.1, 0.15) is 65.4 Å². The van der Waals surface area contributed by atoms with Crippen molar-refractivity contribution in [3.63, 3.8) is 0 Å². The lowest BCUT2D eigenvalue weighted by atomic mass is 9.98. The van der Waals surface area contributed by atoms with Gasteiger partial charge in [0.2, 0.25) is 0 Å². The quantitative estimate of drug-likeness (QED) is 0.420. The van der Waals surface area contributed by atoms with Crippen LogP contribution >= 0.6 is 0 Å². The van der Waals surface area contributed by atoms with Gasteiger partial charge in [-0.3, -0.25) is 9.59 Å². The van der Waals surface area contributed by atoms with Crippen LogP contribution in [0.4, 0.5) is 4.79 Å². The summed E-state index contributed by atoms with van der Waals surface area (Å²) >= 11 is 0. The van der Waals surface area contributed by atoms with Crippen LogP contribution in [0.2, 0.25) is 0 Å². The topological polar surface area (TPSA) is 93.7 Å². The molecule has 1 aromatic rings. The van der Waals surface area contributed by atoms with E-state index in [4.69, 9.17) is 9.47 Å². The Kier molecular flexibility index (Phi) is 10.7. The first kappa shape index (κ1) is 25.8. The molecule has 1 fully saturated rings. The minimum absolute atomic E-state index is 0.132. The predicted molar refractivity (Wildman–Crippen MR) is 123 cm³/mol. The molecular weight excluding hydrogens is 408 g/mol. The summed E-state index contributed by atoms with van der Waals surface area (Å²) in [5.74, 6) is -0.0829. The number of benzene rings is 1. The minimum Gasteiger partial charge on any atom is -0.460 e. The molecule has 7 heteroatoms. The highest BCUT2D eigenvalue weighted by atomic mass is 16.6. The number of amides is 1. The largest absolute Gasteiger partial charge is 0.460 e. The number of rotatable bonds is 14. The molecule has 1 saturated carbocycles. The summed E-state index contributed by atoms with van der Waals surface area (Å²) in [4.78, 5) is 35.9. The molecule has 0 spiro atoms. The van der Waals surface area contributed by atoms with E-state index in [9.17, 15) is 14.4 Å². The summed E-state index contributed by atoms with van der Waals surface area (Å²) in [5.41, 5.74) is 0.930. The number of carbonyl (C=O) groups is 3. The normalized spacial score (nSPS) is 18.0. The van der Waals surface area contributed by atoms with Gasteiger partial charge in [0, 0.05) is 32.0 Å². The summed E-state index contributed by atoms with van der Waals surface area (Å²) in [7, 11) is 0. The minimum atomic E-state index is -0.462. The third-order valence-corrected chi connectivity index (χ3v) is 5.56. The maximum absolute atomic E-state index is 12.4. The van der Waals surface area contributed by atoms with Crippen molar-refractivity contribution < 1.29 is 23.9 Å². The van der Waals surface area contributed by atoms with Gasteiger partial charge in [-0.2, -0.15) is 0 Å². The lowest BCUT2D eigenvalue weighted by Crippen LogP contribution is -2.50. The van der Waals surface area contributed by atoms with Crippen molar-refractivity contribution >= 4 is 17.8 Å². The number of carbonyl (C=O) groups excluding carboxylic acids is 3. The maximum atomic E-state index is 12.4. The number of hydrogen-bond donors (Lipinski definition) is 2. The monoisotopic (exact) mass is 446 g/mol. The second-order valence-corrected chi connectivity index (χ2v) is 9.04. The number of alkyl carbamates (subject to hydrolysis) is 1. The van der Waals surface area contributed by atoms with Crippen molar-refractivity contribution in [2.45, 2.75) is 84.6 Å². The van der Waals surface area contributed by atoms with Crippen molar-refractivity contribution in [1.29, 1.82) is 0 Å². The third-order valence-electron chi connectivity index (χ3n) is 5.56. The first-order chi connectivity index (χ1) is 15.3. The van der Waals surface area contributed by atoms with E-state index in [-0.39, 0.29) is 36.4 Å². The lowest BCUT2D eigenvalue weighted by molar-refractivity contribution is -0.149. The van der Waals surface area contributed by atoms with Crippen LogP contribution in [-0.4, -0.2) is 42.6 Å². The van der Waals surface area contributed by atoms with Crippen molar-refractivity contribution in [3.05, 3.63) is 35.9 Å². The summed E-state index contributed by atoms with van der Waals surface area (Å²) in [6.07, 6.45) is 3.07. The molecule has 0 bridgehead atoms.